The van der Waals surface area contributed by atoms with Crippen LogP contribution in [0, 0.1) is 12.7 Å². The lowest BCUT2D eigenvalue weighted by Gasteiger charge is -1.98. The predicted molar refractivity (Wildman–Crippen MR) is 91.6 cm³/mol. The summed E-state index contributed by atoms with van der Waals surface area (Å²) in [6, 6.07) is 12.5. The first kappa shape index (κ1) is 16.1. The lowest BCUT2D eigenvalue weighted by atomic mass is 10.1. The van der Waals surface area contributed by atoms with E-state index < -0.39 is 0 Å². The maximum Gasteiger partial charge on any atom is 0.284 e. The number of benzene rings is 1. The first-order chi connectivity index (χ1) is 12.7. The van der Waals surface area contributed by atoms with Crippen molar-refractivity contribution in [3.8, 4) is 11.3 Å². The van der Waals surface area contributed by atoms with Crippen LogP contribution in [0.3, 0.4) is 0 Å². The highest BCUT2D eigenvalue weighted by atomic mass is 19.1. The molecule has 7 heteroatoms. The number of hydrogen-bond acceptors (Lipinski definition) is 4. The molecule has 0 aliphatic carbocycles. The zero-order valence-electron chi connectivity index (χ0n) is 14.2. The standard InChI is InChI=1S/C19H16FN5O/c1-13-22-23-19(26-13)12-25-17(10-14-2-4-16(20)5-3-14)11-18(24-25)15-6-8-21-9-7-15/h2-9,11H,10,12H2,1H3/p+1. The molecule has 0 fully saturated rings. The van der Waals surface area contributed by atoms with E-state index in [2.05, 4.69) is 26.3 Å². The van der Waals surface area contributed by atoms with Crippen molar-refractivity contribution in [2.45, 2.75) is 19.9 Å². The van der Waals surface area contributed by atoms with Gasteiger partial charge in [-0.3, -0.25) is 4.98 Å². The van der Waals surface area contributed by atoms with E-state index in [-0.39, 0.29) is 5.82 Å². The van der Waals surface area contributed by atoms with E-state index in [1.54, 1.807) is 31.5 Å². The average Bonchev–Trinajstić information content (AvgIpc) is 3.24. The Balaban J connectivity index is 1.69. The number of aryl methyl sites for hydroxylation is 1. The van der Waals surface area contributed by atoms with Crippen LogP contribution in [0.4, 0.5) is 4.39 Å². The average molecular weight is 350 g/mol. The van der Waals surface area contributed by atoms with Crippen molar-refractivity contribution in [1.82, 2.24) is 20.3 Å². The number of nitrogens with zero attached hydrogens (tertiary/aromatic N) is 4. The van der Waals surface area contributed by atoms with Gasteiger partial charge in [-0.15, -0.1) is 14.9 Å². The molecule has 26 heavy (non-hydrogen) atoms. The molecule has 0 aliphatic rings. The SMILES string of the molecule is Cc1nnc(C[n+]2[nH]c(-c3ccncc3)cc2Cc2ccc(F)cc2)o1. The van der Waals surface area contributed by atoms with Crippen molar-refractivity contribution in [1.29, 1.82) is 0 Å². The minimum absolute atomic E-state index is 0.241. The summed E-state index contributed by atoms with van der Waals surface area (Å²) in [5, 5.41) is 11.3. The number of hydrogen-bond donors (Lipinski definition) is 1. The molecular weight excluding hydrogens is 333 g/mol. The van der Waals surface area contributed by atoms with Gasteiger partial charge in [0.15, 0.2) is 0 Å². The van der Waals surface area contributed by atoms with Gasteiger partial charge in [0.05, 0.1) is 6.42 Å². The Kier molecular flexibility index (Phi) is 4.27. The van der Waals surface area contributed by atoms with Gasteiger partial charge >= 0.3 is 0 Å². The molecule has 4 aromatic rings. The number of aromatic amines is 1. The topological polar surface area (TPSA) is 71.5 Å². The van der Waals surface area contributed by atoms with Gasteiger partial charge < -0.3 is 4.42 Å². The molecule has 3 heterocycles. The van der Waals surface area contributed by atoms with Crippen molar-refractivity contribution >= 4 is 0 Å². The maximum atomic E-state index is 13.2. The summed E-state index contributed by atoms with van der Waals surface area (Å²) in [7, 11) is 0. The van der Waals surface area contributed by atoms with E-state index >= 15 is 0 Å². The fraction of sp³-hybridized carbons (Fsp3) is 0.158. The van der Waals surface area contributed by atoms with E-state index in [9.17, 15) is 4.39 Å². The van der Waals surface area contributed by atoms with Gasteiger partial charge in [-0.05, 0) is 29.8 Å². The summed E-state index contributed by atoms with van der Waals surface area (Å²) in [4.78, 5) is 4.06. The first-order valence-corrected chi connectivity index (χ1v) is 8.23. The molecule has 130 valence electrons. The highest BCUT2D eigenvalue weighted by Gasteiger charge is 2.21. The molecule has 0 spiro atoms. The Bertz CT molecular complexity index is 1010. The van der Waals surface area contributed by atoms with Crippen molar-refractivity contribution in [2.75, 3.05) is 0 Å². The van der Waals surface area contributed by atoms with Gasteiger partial charge in [-0.25, -0.2) is 4.39 Å². The van der Waals surface area contributed by atoms with E-state index in [0.29, 0.717) is 24.7 Å². The van der Waals surface area contributed by atoms with Gasteiger partial charge in [0.2, 0.25) is 18.1 Å². The van der Waals surface area contributed by atoms with Crippen molar-refractivity contribution < 1.29 is 13.5 Å². The number of nitrogens with one attached hydrogen (secondary N) is 1. The predicted octanol–water partition coefficient (Wildman–Crippen LogP) is 2.83. The second-order valence-corrected chi connectivity index (χ2v) is 6.00. The lowest BCUT2D eigenvalue weighted by Crippen LogP contribution is -2.40. The Labute approximate surface area is 149 Å². The van der Waals surface area contributed by atoms with Gasteiger partial charge in [0.25, 0.3) is 5.89 Å². The molecule has 0 unspecified atom stereocenters. The van der Waals surface area contributed by atoms with Crippen LogP contribution in [0.2, 0.25) is 0 Å². The minimum Gasteiger partial charge on any atom is -0.420 e. The molecule has 4 rings (SSSR count). The molecule has 0 amide bonds. The molecule has 0 saturated heterocycles. The first-order valence-electron chi connectivity index (χ1n) is 8.23. The lowest BCUT2D eigenvalue weighted by molar-refractivity contribution is -0.749. The monoisotopic (exact) mass is 350 g/mol. The second-order valence-electron chi connectivity index (χ2n) is 6.00. The summed E-state index contributed by atoms with van der Waals surface area (Å²) < 4.78 is 20.6. The van der Waals surface area contributed by atoms with E-state index in [1.807, 2.05) is 16.8 Å². The number of aromatic nitrogens is 5. The van der Waals surface area contributed by atoms with Crippen molar-refractivity contribution in [2.24, 2.45) is 0 Å². The molecule has 0 saturated carbocycles. The van der Waals surface area contributed by atoms with Crippen LogP contribution in [-0.4, -0.2) is 20.3 Å². The third-order valence-corrected chi connectivity index (χ3v) is 4.06. The summed E-state index contributed by atoms with van der Waals surface area (Å²) in [5.41, 5.74) is 4.03. The van der Waals surface area contributed by atoms with Gasteiger partial charge in [0.1, 0.15) is 11.5 Å². The Morgan fingerprint density at radius 3 is 2.54 bits per heavy atom. The molecule has 1 aromatic carbocycles. The highest BCUT2D eigenvalue weighted by molar-refractivity contribution is 5.57. The summed E-state index contributed by atoms with van der Waals surface area (Å²) in [6.45, 7) is 2.19. The maximum absolute atomic E-state index is 13.2. The quantitative estimate of drug-likeness (QED) is 0.562. The molecule has 6 nitrogen and oxygen atoms in total. The summed E-state index contributed by atoms with van der Waals surface area (Å²) in [6.07, 6.45) is 4.15. The zero-order valence-corrected chi connectivity index (χ0v) is 14.2. The minimum atomic E-state index is -0.241. The molecule has 0 atom stereocenters. The molecule has 0 aliphatic heterocycles. The van der Waals surface area contributed by atoms with E-state index in [1.165, 1.54) is 12.1 Å². The van der Waals surface area contributed by atoms with Crippen molar-refractivity contribution in [3.63, 3.8) is 0 Å². The fourth-order valence-corrected chi connectivity index (χ4v) is 2.81. The number of rotatable bonds is 5. The molecule has 0 bridgehead atoms. The number of pyridine rings is 1. The molecular formula is C19H17FN5O+. The molecule has 3 aromatic heterocycles. The van der Waals surface area contributed by atoms with Crippen LogP contribution in [0.25, 0.3) is 11.3 Å². The van der Waals surface area contributed by atoms with Gasteiger partial charge in [-0.1, -0.05) is 12.1 Å². The third kappa shape index (κ3) is 3.51. The fourth-order valence-electron chi connectivity index (χ4n) is 2.81. The van der Waals surface area contributed by atoms with Crippen LogP contribution in [-0.2, 0) is 13.0 Å². The van der Waals surface area contributed by atoms with E-state index in [0.717, 1.165) is 22.5 Å². The van der Waals surface area contributed by atoms with Crippen LogP contribution < -0.4 is 4.68 Å². The largest absolute Gasteiger partial charge is 0.420 e. The molecule has 0 radical (unpaired) electrons. The third-order valence-electron chi connectivity index (χ3n) is 4.06. The van der Waals surface area contributed by atoms with Crippen molar-refractivity contribution in [3.05, 3.63) is 83.7 Å². The Hall–Kier alpha value is -3.35. The Morgan fingerprint density at radius 1 is 1.08 bits per heavy atom. The zero-order chi connectivity index (χ0) is 17.9. The smallest absolute Gasteiger partial charge is 0.284 e. The summed E-state index contributed by atoms with van der Waals surface area (Å²) in [5.74, 6) is 0.812. The van der Waals surface area contributed by atoms with E-state index in [4.69, 9.17) is 4.42 Å². The van der Waals surface area contributed by atoms with Crippen LogP contribution in [0.5, 0.6) is 0 Å². The normalized spacial score (nSPS) is 11.0. The van der Waals surface area contributed by atoms with Gasteiger partial charge in [0, 0.05) is 30.9 Å². The van der Waals surface area contributed by atoms with Crippen LogP contribution in [0.1, 0.15) is 23.0 Å². The summed E-state index contributed by atoms with van der Waals surface area (Å²) >= 11 is 0. The van der Waals surface area contributed by atoms with Crippen LogP contribution >= 0.6 is 0 Å². The van der Waals surface area contributed by atoms with Gasteiger partial charge in [-0.2, -0.15) is 5.10 Å². The molecule has 1 N–H and O–H groups in total. The highest BCUT2D eigenvalue weighted by Crippen LogP contribution is 2.18. The second kappa shape index (κ2) is 6.87. The number of halogens is 1. The number of H-pyrrole nitrogens is 1. The Morgan fingerprint density at radius 2 is 1.85 bits per heavy atom. The van der Waals surface area contributed by atoms with Crippen LogP contribution in [0.15, 0.2) is 59.3 Å².